The van der Waals surface area contributed by atoms with Gasteiger partial charge in [-0.05, 0) is 57.1 Å². The van der Waals surface area contributed by atoms with Crippen LogP contribution in [0.25, 0.3) is 21.0 Å². The largest absolute Gasteiger partial charge is 0.496 e. The number of hydrogen-bond acceptors (Lipinski definition) is 8. The number of para-hydroxylation sites is 1. The first-order valence-electron chi connectivity index (χ1n) is 14.4. The van der Waals surface area contributed by atoms with Crippen LogP contribution in [0.4, 0.5) is 8.78 Å². The van der Waals surface area contributed by atoms with E-state index >= 15 is 0 Å². The lowest BCUT2D eigenvalue weighted by atomic mass is 10.0. The molecule has 13 heteroatoms. The monoisotopic (exact) mass is 629 g/mol. The maximum atomic E-state index is 14.2. The van der Waals surface area contributed by atoms with Crippen molar-refractivity contribution in [1.82, 2.24) is 14.1 Å². The van der Waals surface area contributed by atoms with Gasteiger partial charge in [-0.15, -0.1) is 11.3 Å². The molecule has 2 aliphatic rings. The summed E-state index contributed by atoms with van der Waals surface area (Å²) in [5.41, 5.74) is -2.30. The quantitative estimate of drug-likeness (QED) is 0.254. The van der Waals surface area contributed by atoms with Gasteiger partial charge in [-0.2, -0.15) is 0 Å². The van der Waals surface area contributed by atoms with Gasteiger partial charge < -0.3 is 19.0 Å². The first-order chi connectivity index (χ1) is 20.8. The average molecular weight is 630 g/mol. The number of rotatable bonds is 9. The summed E-state index contributed by atoms with van der Waals surface area (Å²) >= 11 is 1.14. The second-order valence-corrected chi connectivity index (χ2v) is 13.2. The van der Waals surface area contributed by atoms with Crippen LogP contribution in [0.2, 0.25) is 0 Å². The Morgan fingerprint density at radius 2 is 1.91 bits per heavy atom. The van der Waals surface area contributed by atoms with Gasteiger partial charge in [0.05, 0.1) is 36.2 Å². The van der Waals surface area contributed by atoms with Gasteiger partial charge in [0, 0.05) is 18.4 Å². The van der Waals surface area contributed by atoms with Gasteiger partial charge in [0.2, 0.25) is 11.8 Å². The second-order valence-electron chi connectivity index (χ2n) is 12.2. The van der Waals surface area contributed by atoms with Crippen LogP contribution in [0.5, 0.6) is 5.75 Å². The number of aromatic nitrogens is 3. The van der Waals surface area contributed by atoms with Gasteiger partial charge in [-0.25, -0.2) is 27.9 Å². The van der Waals surface area contributed by atoms with Gasteiger partial charge in [-0.3, -0.25) is 9.36 Å². The summed E-state index contributed by atoms with van der Waals surface area (Å²) in [5.74, 6) is -3.54. The summed E-state index contributed by atoms with van der Waals surface area (Å²) in [6.07, 6.45) is 2.35. The van der Waals surface area contributed by atoms with Crippen molar-refractivity contribution < 1.29 is 32.6 Å². The number of oxazole rings is 1. The maximum absolute atomic E-state index is 14.2. The number of fused-ring (bicyclic) bond motifs is 2. The lowest BCUT2D eigenvalue weighted by molar-refractivity contribution is -0.146. The zero-order chi connectivity index (χ0) is 31.6. The minimum atomic E-state index is -2.66. The molecule has 3 unspecified atom stereocenters. The molecule has 234 valence electrons. The Balaban J connectivity index is 1.51. The first kappa shape index (κ1) is 30.2. The van der Waals surface area contributed by atoms with Crippen molar-refractivity contribution in [3.8, 4) is 16.5 Å². The number of thiophene rings is 1. The highest BCUT2D eigenvalue weighted by Gasteiger charge is 2.51. The molecule has 2 saturated carbocycles. The van der Waals surface area contributed by atoms with E-state index in [2.05, 4.69) is 4.98 Å². The predicted octanol–water partition coefficient (Wildman–Crippen LogP) is 5.60. The first-order valence-corrected chi connectivity index (χ1v) is 15.2. The number of carbonyl (C=O) groups is 1. The Labute approximate surface area is 254 Å². The number of nitrogens with zero attached hydrogens (tertiary/aromatic N) is 3. The Bertz CT molecular complexity index is 1830. The minimum absolute atomic E-state index is 0.0986. The second kappa shape index (κ2) is 11.0. The molecule has 0 bridgehead atoms. The molecule has 2 aliphatic carbocycles. The van der Waals surface area contributed by atoms with E-state index in [-0.39, 0.29) is 48.6 Å². The molecule has 0 radical (unpaired) electrons. The van der Waals surface area contributed by atoms with E-state index < -0.39 is 34.8 Å². The minimum Gasteiger partial charge on any atom is -0.496 e. The zero-order valence-corrected chi connectivity index (χ0v) is 25.5. The number of carboxylic acid groups (broad SMARTS) is 1. The number of ether oxygens (including phenoxy) is 2. The lowest BCUT2D eigenvalue weighted by Gasteiger charge is -2.27. The number of aryl methyl sites for hydroxylation is 1. The van der Waals surface area contributed by atoms with Crippen molar-refractivity contribution in [3.05, 3.63) is 68.7 Å². The van der Waals surface area contributed by atoms with E-state index in [1.165, 1.54) is 38.0 Å². The average Bonchev–Trinajstić information content (AvgIpc) is 3.73. The molecule has 4 aromatic rings. The molecular formula is C31H33F2N3O7S. The number of aliphatic carboxylic acids is 1. The molecule has 1 aromatic carbocycles. The SMILES string of the molecule is COc1ccccc1C(Cn1c(=O)n(C(C)(C)C(=O)O)c(=O)c2c(C)c(-c3ncco3)sc21)OC1CC2CC(F)(F)CC2C1. The summed E-state index contributed by atoms with van der Waals surface area (Å²) in [6.45, 7) is 4.20. The fourth-order valence-electron chi connectivity index (χ4n) is 6.80. The number of carboxylic acids is 1. The Morgan fingerprint density at radius 3 is 2.52 bits per heavy atom. The fourth-order valence-corrected chi connectivity index (χ4v) is 8.04. The van der Waals surface area contributed by atoms with Crippen molar-refractivity contribution in [3.63, 3.8) is 0 Å². The number of benzene rings is 1. The van der Waals surface area contributed by atoms with E-state index in [1.54, 1.807) is 25.1 Å². The lowest BCUT2D eigenvalue weighted by Crippen LogP contribution is -2.52. The highest BCUT2D eigenvalue weighted by molar-refractivity contribution is 7.22. The molecule has 3 aromatic heterocycles. The van der Waals surface area contributed by atoms with E-state index in [9.17, 15) is 28.3 Å². The van der Waals surface area contributed by atoms with Crippen molar-refractivity contribution in [2.45, 2.75) is 76.7 Å². The molecule has 0 amide bonds. The maximum Gasteiger partial charge on any atom is 0.333 e. The summed E-state index contributed by atoms with van der Waals surface area (Å²) in [5, 5.41) is 10.2. The molecule has 44 heavy (non-hydrogen) atoms. The number of methoxy groups -OCH3 is 1. The van der Waals surface area contributed by atoms with Crippen LogP contribution in [0.15, 0.2) is 50.7 Å². The van der Waals surface area contributed by atoms with Crippen molar-refractivity contribution in [1.29, 1.82) is 0 Å². The third-order valence-electron chi connectivity index (χ3n) is 9.03. The van der Waals surface area contributed by atoms with Gasteiger partial charge in [0.1, 0.15) is 28.5 Å². The third kappa shape index (κ3) is 5.05. The highest BCUT2D eigenvalue weighted by Crippen LogP contribution is 2.52. The standard InChI is InChI=1S/C31H33F2N3O7S/c1-16-23-26(37)36(30(2,3)28(38)39)29(40)35(27(23)44-24(16)25-34-9-10-42-25)15-22(20-7-5-6-8-21(20)41-4)43-19-11-17-13-31(32,33)14-18(17)12-19/h5-10,17-19,22H,11-15H2,1-4H3,(H,38,39). The van der Waals surface area contributed by atoms with Gasteiger partial charge in [0.25, 0.3) is 5.56 Å². The summed E-state index contributed by atoms with van der Waals surface area (Å²) in [4.78, 5) is 45.5. The molecule has 0 saturated heterocycles. The smallest absolute Gasteiger partial charge is 0.333 e. The van der Waals surface area contributed by atoms with Crippen LogP contribution in [0.3, 0.4) is 0 Å². The molecule has 6 rings (SSSR count). The molecule has 10 nitrogen and oxygen atoms in total. The summed E-state index contributed by atoms with van der Waals surface area (Å²) < 4.78 is 48.1. The van der Waals surface area contributed by atoms with E-state index in [0.29, 0.717) is 39.4 Å². The molecule has 3 atom stereocenters. The number of halogens is 2. The van der Waals surface area contributed by atoms with Crippen LogP contribution in [-0.2, 0) is 21.6 Å². The summed E-state index contributed by atoms with van der Waals surface area (Å²) in [6, 6.07) is 7.18. The van der Waals surface area contributed by atoms with Gasteiger partial charge in [0.15, 0.2) is 0 Å². The molecule has 2 fully saturated rings. The molecule has 1 N–H and O–H groups in total. The Kier molecular flexibility index (Phi) is 7.52. The van der Waals surface area contributed by atoms with Crippen LogP contribution < -0.4 is 16.0 Å². The fraction of sp³-hybridized carbons (Fsp3) is 0.484. The Morgan fingerprint density at radius 1 is 1.23 bits per heavy atom. The molecule has 0 aliphatic heterocycles. The zero-order valence-electron chi connectivity index (χ0n) is 24.7. The number of hydrogen-bond donors (Lipinski definition) is 1. The van der Waals surface area contributed by atoms with E-state index in [1.807, 2.05) is 6.07 Å². The predicted molar refractivity (Wildman–Crippen MR) is 159 cm³/mol. The van der Waals surface area contributed by atoms with Crippen LogP contribution in [-0.4, -0.2) is 44.3 Å². The molecular weight excluding hydrogens is 596 g/mol. The number of alkyl halides is 2. The van der Waals surface area contributed by atoms with Crippen LogP contribution in [0.1, 0.15) is 56.8 Å². The van der Waals surface area contributed by atoms with Crippen LogP contribution in [0, 0.1) is 18.8 Å². The summed E-state index contributed by atoms with van der Waals surface area (Å²) in [7, 11) is 1.52. The van der Waals surface area contributed by atoms with Gasteiger partial charge >= 0.3 is 11.7 Å². The third-order valence-corrected chi connectivity index (χ3v) is 10.3. The van der Waals surface area contributed by atoms with Crippen molar-refractivity contribution in [2.75, 3.05) is 7.11 Å². The van der Waals surface area contributed by atoms with E-state index in [4.69, 9.17) is 13.9 Å². The molecule has 3 heterocycles. The van der Waals surface area contributed by atoms with Crippen molar-refractivity contribution in [2.24, 2.45) is 11.8 Å². The molecule has 0 spiro atoms. The van der Waals surface area contributed by atoms with Crippen molar-refractivity contribution >= 4 is 27.5 Å². The van der Waals surface area contributed by atoms with Gasteiger partial charge in [-0.1, -0.05) is 18.2 Å². The topological polar surface area (TPSA) is 126 Å². The van der Waals surface area contributed by atoms with Crippen LogP contribution >= 0.6 is 11.3 Å². The highest BCUT2D eigenvalue weighted by atomic mass is 32.1. The normalized spacial score (nSPS) is 21.9. The van der Waals surface area contributed by atoms with E-state index in [0.717, 1.165) is 15.9 Å². The Hall–Kier alpha value is -3.84.